The maximum Gasteiger partial charge on any atom is 0.239 e. The van der Waals surface area contributed by atoms with E-state index in [-0.39, 0.29) is 5.91 Å². The van der Waals surface area contributed by atoms with Gasteiger partial charge in [0.1, 0.15) is 17.5 Å². The molecule has 116 valence electrons. The molecule has 2 rings (SSSR count). The fourth-order valence-electron chi connectivity index (χ4n) is 2.89. The number of methoxy groups -OCH3 is 2. The summed E-state index contributed by atoms with van der Waals surface area (Å²) in [5, 5.41) is 3.39. The van der Waals surface area contributed by atoms with Crippen molar-refractivity contribution in [3.63, 3.8) is 0 Å². The average molecular weight is 292 g/mol. The normalized spacial score (nSPS) is 17.2. The quantitative estimate of drug-likeness (QED) is 0.842. The van der Waals surface area contributed by atoms with Crippen LogP contribution in [0.3, 0.4) is 0 Å². The Hall–Kier alpha value is -1.75. The molecule has 1 aromatic rings. The standard InChI is InChI=1S/C16H24N2O3/c1-20-12-8-9-13(14(10-12)21-2)15(16(17)19)18-11-6-4-3-5-7-11/h8-11,15,18H,3-7H2,1-2H3,(H2,17,19). The highest BCUT2D eigenvalue weighted by molar-refractivity contribution is 5.82. The van der Waals surface area contributed by atoms with Gasteiger partial charge in [-0.05, 0) is 25.0 Å². The number of amides is 1. The Morgan fingerprint density at radius 3 is 2.52 bits per heavy atom. The van der Waals surface area contributed by atoms with Crippen LogP contribution in [0.1, 0.15) is 43.7 Å². The van der Waals surface area contributed by atoms with Gasteiger partial charge in [-0.15, -0.1) is 0 Å². The number of carbonyl (C=O) groups is 1. The Balaban J connectivity index is 2.22. The lowest BCUT2D eigenvalue weighted by Gasteiger charge is -2.28. The minimum Gasteiger partial charge on any atom is -0.497 e. The molecule has 0 radical (unpaired) electrons. The lowest BCUT2D eigenvalue weighted by Crippen LogP contribution is -2.41. The van der Waals surface area contributed by atoms with Gasteiger partial charge in [0.2, 0.25) is 5.91 Å². The molecule has 3 N–H and O–H groups in total. The van der Waals surface area contributed by atoms with E-state index in [0.717, 1.165) is 18.4 Å². The van der Waals surface area contributed by atoms with Gasteiger partial charge in [-0.25, -0.2) is 0 Å². The maximum atomic E-state index is 11.9. The van der Waals surface area contributed by atoms with E-state index in [1.54, 1.807) is 20.3 Å². The summed E-state index contributed by atoms with van der Waals surface area (Å²) in [6.07, 6.45) is 5.83. The van der Waals surface area contributed by atoms with Crippen LogP contribution in [0.25, 0.3) is 0 Å². The summed E-state index contributed by atoms with van der Waals surface area (Å²) in [5.74, 6) is 0.919. The third kappa shape index (κ3) is 3.88. The number of rotatable bonds is 6. The summed E-state index contributed by atoms with van der Waals surface area (Å²) >= 11 is 0. The highest BCUT2D eigenvalue weighted by atomic mass is 16.5. The molecule has 1 saturated carbocycles. The Morgan fingerprint density at radius 1 is 1.24 bits per heavy atom. The zero-order valence-electron chi connectivity index (χ0n) is 12.7. The molecule has 0 spiro atoms. The smallest absolute Gasteiger partial charge is 0.239 e. The van der Waals surface area contributed by atoms with Crippen LogP contribution in [0.15, 0.2) is 18.2 Å². The number of benzene rings is 1. The van der Waals surface area contributed by atoms with Gasteiger partial charge in [0, 0.05) is 17.7 Å². The summed E-state index contributed by atoms with van der Waals surface area (Å²) in [7, 11) is 3.18. The molecule has 21 heavy (non-hydrogen) atoms. The molecule has 1 aliphatic rings. The molecule has 1 fully saturated rings. The van der Waals surface area contributed by atoms with Crippen LogP contribution in [0.2, 0.25) is 0 Å². The molecule has 5 nitrogen and oxygen atoms in total. The first-order valence-corrected chi connectivity index (χ1v) is 7.43. The van der Waals surface area contributed by atoms with Crippen LogP contribution in [-0.2, 0) is 4.79 Å². The van der Waals surface area contributed by atoms with Crippen LogP contribution >= 0.6 is 0 Å². The molecule has 1 atom stereocenters. The van der Waals surface area contributed by atoms with Gasteiger partial charge >= 0.3 is 0 Å². The van der Waals surface area contributed by atoms with Crippen LogP contribution in [0.4, 0.5) is 0 Å². The van der Waals surface area contributed by atoms with Crippen molar-refractivity contribution in [2.75, 3.05) is 14.2 Å². The molecular formula is C16H24N2O3. The number of hydrogen-bond donors (Lipinski definition) is 2. The van der Waals surface area contributed by atoms with E-state index in [9.17, 15) is 4.79 Å². The number of primary amides is 1. The highest BCUT2D eigenvalue weighted by Crippen LogP contribution is 2.31. The number of nitrogens with one attached hydrogen (secondary N) is 1. The summed E-state index contributed by atoms with van der Waals surface area (Å²) in [5.41, 5.74) is 6.35. The van der Waals surface area contributed by atoms with Crippen LogP contribution in [0.5, 0.6) is 11.5 Å². The molecule has 0 heterocycles. The van der Waals surface area contributed by atoms with E-state index in [1.165, 1.54) is 19.3 Å². The number of carbonyl (C=O) groups excluding carboxylic acids is 1. The van der Waals surface area contributed by atoms with Crippen molar-refractivity contribution in [1.82, 2.24) is 5.32 Å². The highest BCUT2D eigenvalue weighted by Gasteiger charge is 2.25. The number of ether oxygens (including phenoxy) is 2. The third-order valence-corrected chi connectivity index (χ3v) is 4.04. The van der Waals surface area contributed by atoms with Crippen molar-refractivity contribution in [1.29, 1.82) is 0 Å². The van der Waals surface area contributed by atoms with Gasteiger partial charge < -0.3 is 15.2 Å². The number of nitrogens with two attached hydrogens (primary N) is 1. The second-order valence-corrected chi connectivity index (χ2v) is 5.44. The first-order valence-electron chi connectivity index (χ1n) is 7.43. The lowest BCUT2D eigenvalue weighted by atomic mass is 9.93. The minimum atomic E-state index is -0.533. The maximum absolute atomic E-state index is 11.9. The second kappa shape index (κ2) is 7.31. The van der Waals surface area contributed by atoms with Gasteiger partial charge in [-0.3, -0.25) is 10.1 Å². The Kier molecular flexibility index (Phi) is 5.44. The summed E-state index contributed by atoms with van der Waals surface area (Å²) in [4.78, 5) is 11.9. The van der Waals surface area contributed by atoms with Crippen molar-refractivity contribution in [3.05, 3.63) is 23.8 Å². The van der Waals surface area contributed by atoms with E-state index < -0.39 is 6.04 Å². The second-order valence-electron chi connectivity index (χ2n) is 5.44. The zero-order valence-corrected chi connectivity index (χ0v) is 12.7. The van der Waals surface area contributed by atoms with Crippen LogP contribution < -0.4 is 20.5 Å². The van der Waals surface area contributed by atoms with Crippen molar-refractivity contribution < 1.29 is 14.3 Å². The minimum absolute atomic E-state index is 0.336. The Morgan fingerprint density at radius 2 is 1.95 bits per heavy atom. The SMILES string of the molecule is COc1ccc(C(NC2CCCCC2)C(N)=O)c(OC)c1. The van der Waals surface area contributed by atoms with Gasteiger partial charge in [0.25, 0.3) is 0 Å². The first-order chi connectivity index (χ1) is 10.2. The molecule has 0 aromatic heterocycles. The topological polar surface area (TPSA) is 73.6 Å². The Bertz CT molecular complexity index is 484. The summed E-state index contributed by atoms with van der Waals surface area (Å²) in [6, 6.07) is 5.23. The molecule has 5 heteroatoms. The van der Waals surface area contributed by atoms with E-state index in [2.05, 4.69) is 5.32 Å². The fourth-order valence-corrected chi connectivity index (χ4v) is 2.89. The van der Waals surface area contributed by atoms with E-state index in [4.69, 9.17) is 15.2 Å². The third-order valence-electron chi connectivity index (χ3n) is 4.04. The molecule has 1 aromatic carbocycles. The van der Waals surface area contributed by atoms with Crippen molar-refractivity contribution >= 4 is 5.91 Å². The first kappa shape index (κ1) is 15.6. The molecule has 0 bridgehead atoms. The van der Waals surface area contributed by atoms with Gasteiger partial charge in [-0.2, -0.15) is 0 Å². The van der Waals surface area contributed by atoms with Crippen molar-refractivity contribution in [2.45, 2.75) is 44.2 Å². The van der Waals surface area contributed by atoms with Gasteiger partial charge in [0.15, 0.2) is 0 Å². The predicted molar refractivity (Wildman–Crippen MR) is 81.5 cm³/mol. The van der Waals surface area contributed by atoms with E-state index in [0.29, 0.717) is 17.5 Å². The van der Waals surface area contributed by atoms with Gasteiger partial charge in [0.05, 0.1) is 14.2 Å². The molecular weight excluding hydrogens is 268 g/mol. The summed E-state index contributed by atoms with van der Waals surface area (Å²) in [6.45, 7) is 0. The Labute approximate surface area is 125 Å². The zero-order chi connectivity index (χ0) is 15.2. The molecule has 0 aliphatic heterocycles. The number of hydrogen-bond acceptors (Lipinski definition) is 4. The fraction of sp³-hybridized carbons (Fsp3) is 0.562. The monoisotopic (exact) mass is 292 g/mol. The summed E-state index contributed by atoms with van der Waals surface area (Å²) < 4.78 is 10.6. The molecule has 1 unspecified atom stereocenters. The molecule has 0 saturated heterocycles. The largest absolute Gasteiger partial charge is 0.497 e. The van der Waals surface area contributed by atoms with Crippen molar-refractivity contribution in [2.24, 2.45) is 5.73 Å². The predicted octanol–water partition coefficient (Wildman–Crippen LogP) is 2.15. The molecule has 1 aliphatic carbocycles. The van der Waals surface area contributed by atoms with Crippen LogP contribution in [0, 0.1) is 0 Å². The van der Waals surface area contributed by atoms with Gasteiger partial charge in [-0.1, -0.05) is 19.3 Å². The molecule has 1 amide bonds. The van der Waals surface area contributed by atoms with Crippen LogP contribution in [-0.4, -0.2) is 26.2 Å². The van der Waals surface area contributed by atoms with Crippen molar-refractivity contribution in [3.8, 4) is 11.5 Å². The lowest BCUT2D eigenvalue weighted by molar-refractivity contribution is -0.120. The van der Waals surface area contributed by atoms with E-state index in [1.807, 2.05) is 12.1 Å². The van der Waals surface area contributed by atoms with E-state index >= 15 is 0 Å². The average Bonchev–Trinajstić information content (AvgIpc) is 2.52.